The van der Waals surface area contributed by atoms with Gasteiger partial charge in [-0.2, -0.15) is 0 Å². The van der Waals surface area contributed by atoms with Gasteiger partial charge in [0.05, 0.1) is 22.3 Å². The predicted molar refractivity (Wildman–Crippen MR) is 79.5 cm³/mol. The van der Waals surface area contributed by atoms with E-state index in [9.17, 15) is 0 Å². The largest absolute Gasteiger partial charge is 0.308 e. The van der Waals surface area contributed by atoms with Gasteiger partial charge in [-0.1, -0.05) is 12.1 Å². The van der Waals surface area contributed by atoms with Crippen LogP contribution in [0.25, 0.3) is 10.9 Å². The number of aromatic nitrogens is 2. The molecule has 0 amide bonds. The molecule has 2 aromatic heterocycles. The number of benzene rings is 1. The van der Waals surface area contributed by atoms with Gasteiger partial charge in [-0.05, 0) is 37.7 Å². The zero-order valence-corrected chi connectivity index (χ0v) is 11.7. The van der Waals surface area contributed by atoms with E-state index in [0.717, 1.165) is 21.6 Å². The van der Waals surface area contributed by atoms with E-state index in [1.807, 2.05) is 26.2 Å². The lowest BCUT2D eigenvalue weighted by molar-refractivity contribution is 0.675. The number of hydrogen-bond donors (Lipinski definition) is 1. The standard InChI is InChI=1S/C15H15N3S/c1-10-18-14(9-19-10)15(16-2)12-5-6-13-11(8-12)4-3-7-17-13/h3-9,15-16H,1-2H3. The molecule has 1 aromatic carbocycles. The zero-order valence-electron chi connectivity index (χ0n) is 10.9. The van der Waals surface area contributed by atoms with E-state index >= 15 is 0 Å². The van der Waals surface area contributed by atoms with Gasteiger partial charge in [-0.3, -0.25) is 4.98 Å². The molecule has 0 aliphatic rings. The minimum atomic E-state index is 0.134. The number of nitrogens with one attached hydrogen (secondary N) is 1. The maximum Gasteiger partial charge on any atom is 0.0898 e. The molecule has 4 heteroatoms. The Kier molecular flexibility index (Phi) is 3.27. The monoisotopic (exact) mass is 269 g/mol. The minimum absolute atomic E-state index is 0.134. The predicted octanol–water partition coefficient (Wildman–Crippen LogP) is 3.31. The molecule has 2 heterocycles. The summed E-state index contributed by atoms with van der Waals surface area (Å²) in [5.74, 6) is 0. The summed E-state index contributed by atoms with van der Waals surface area (Å²) in [6.45, 7) is 2.03. The van der Waals surface area contributed by atoms with Crippen LogP contribution in [0.3, 0.4) is 0 Å². The van der Waals surface area contributed by atoms with E-state index in [1.165, 1.54) is 5.56 Å². The summed E-state index contributed by atoms with van der Waals surface area (Å²) in [4.78, 5) is 8.93. The highest BCUT2D eigenvalue weighted by atomic mass is 32.1. The maximum absolute atomic E-state index is 4.58. The number of rotatable bonds is 3. The van der Waals surface area contributed by atoms with Crippen LogP contribution in [0.1, 0.15) is 22.3 Å². The molecule has 3 nitrogen and oxygen atoms in total. The number of thiazole rings is 1. The summed E-state index contributed by atoms with van der Waals surface area (Å²) in [7, 11) is 1.97. The molecular weight excluding hydrogens is 254 g/mol. The lowest BCUT2D eigenvalue weighted by Crippen LogP contribution is -2.18. The highest BCUT2D eigenvalue weighted by Crippen LogP contribution is 2.25. The molecule has 0 saturated carbocycles. The average molecular weight is 269 g/mol. The number of aryl methyl sites for hydroxylation is 1. The van der Waals surface area contributed by atoms with E-state index in [1.54, 1.807) is 11.3 Å². The first-order valence-electron chi connectivity index (χ1n) is 6.22. The van der Waals surface area contributed by atoms with Crippen LogP contribution in [0.5, 0.6) is 0 Å². The smallest absolute Gasteiger partial charge is 0.0898 e. The van der Waals surface area contributed by atoms with Gasteiger partial charge in [0.25, 0.3) is 0 Å². The first kappa shape index (κ1) is 12.3. The Balaban J connectivity index is 2.06. The molecular formula is C15H15N3S. The molecule has 96 valence electrons. The SMILES string of the molecule is CNC(c1ccc2ncccc2c1)c1csc(C)n1. The number of nitrogens with zero attached hydrogens (tertiary/aromatic N) is 2. The lowest BCUT2D eigenvalue weighted by atomic mass is 10.0. The van der Waals surface area contributed by atoms with Crippen LogP contribution in [-0.2, 0) is 0 Å². The molecule has 0 aliphatic carbocycles. The molecule has 0 radical (unpaired) electrons. The summed E-state index contributed by atoms with van der Waals surface area (Å²) in [6, 6.07) is 10.5. The van der Waals surface area contributed by atoms with Crippen molar-refractivity contribution in [2.45, 2.75) is 13.0 Å². The fraction of sp³-hybridized carbons (Fsp3) is 0.200. The van der Waals surface area contributed by atoms with Crippen LogP contribution in [0.15, 0.2) is 41.9 Å². The summed E-state index contributed by atoms with van der Waals surface area (Å²) in [5, 5.41) is 7.71. The van der Waals surface area contributed by atoms with Gasteiger partial charge >= 0.3 is 0 Å². The van der Waals surface area contributed by atoms with Crippen LogP contribution in [0, 0.1) is 6.92 Å². The van der Waals surface area contributed by atoms with Gasteiger partial charge in [0.1, 0.15) is 0 Å². The van der Waals surface area contributed by atoms with Gasteiger partial charge in [0, 0.05) is 17.0 Å². The highest BCUT2D eigenvalue weighted by molar-refractivity contribution is 7.09. The lowest BCUT2D eigenvalue weighted by Gasteiger charge is -2.15. The molecule has 3 rings (SSSR count). The quantitative estimate of drug-likeness (QED) is 0.792. The minimum Gasteiger partial charge on any atom is -0.308 e. The van der Waals surface area contributed by atoms with Crippen molar-refractivity contribution in [3.05, 3.63) is 58.2 Å². The average Bonchev–Trinajstić information content (AvgIpc) is 2.86. The fourth-order valence-corrected chi connectivity index (χ4v) is 2.91. The Hall–Kier alpha value is -1.78. The van der Waals surface area contributed by atoms with E-state index in [2.05, 4.69) is 44.9 Å². The third kappa shape index (κ3) is 2.37. The molecule has 1 unspecified atom stereocenters. The summed E-state index contributed by atoms with van der Waals surface area (Å²) >= 11 is 1.68. The third-order valence-electron chi connectivity index (χ3n) is 3.18. The van der Waals surface area contributed by atoms with Gasteiger partial charge in [0.15, 0.2) is 0 Å². The molecule has 19 heavy (non-hydrogen) atoms. The van der Waals surface area contributed by atoms with Crippen LogP contribution in [0.4, 0.5) is 0 Å². The Bertz CT molecular complexity index is 705. The Morgan fingerprint density at radius 1 is 1.26 bits per heavy atom. The molecule has 3 aromatic rings. The molecule has 1 atom stereocenters. The molecule has 0 spiro atoms. The van der Waals surface area contributed by atoms with Gasteiger partial charge in [-0.25, -0.2) is 4.98 Å². The van der Waals surface area contributed by atoms with Crippen LogP contribution >= 0.6 is 11.3 Å². The summed E-state index contributed by atoms with van der Waals surface area (Å²) in [5.41, 5.74) is 3.32. The van der Waals surface area contributed by atoms with Crippen molar-refractivity contribution in [3.63, 3.8) is 0 Å². The molecule has 1 N–H and O–H groups in total. The van der Waals surface area contributed by atoms with Crippen molar-refractivity contribution in [2.24, 2.45) is 0 Å². The van der Waals surface area contributed by atoms with E-state index in [4.69, 9.17) is 0 Å². The van der Waals surface area contributed by atoms with E-state index in [0.29, 0.717) is 0 Å². The topological polar surface area (TPSA) is 37.8 Å². The second-order valence-corrected chi connectivity index (χ2v) is 5.53. The summed E-state index contributed by atoms with van der Waals surface area (Å²) < 4.78 is 0. The highest BCUT2D eigenvalue weighted by Gasteiger charge is 2.15. The second-order valence-electron chi connectivity index (χ2n) is 4.47. The van der Waals surface area contributed by atoms with Crippen molar-refractivity contribution in [2.75, 3.05) is 7.05 Å². The Morgan fingerprint density at radius 2 is 2.16 bits per heavy atom. The molecule has 0 aliphatic heterocycles. The normalized spacial score (nSPS) is 12.7. The first-order chi connectivity index (χ1) is 9.28. The van der Waals surface area contributed by atoms with Gasteiger partial charge in [0.2, 0.25) is 0 Å². The van der Waals surface area contributed by atoms with Crippen molar-refractivity contribution < 1.29 is 0 Å². The second kappa shape index (κ2) is 5.07. The third-order valence-corrected chi connectivity index (χ3v) is 3.97. The van der Waals surface area contributed by atoms with E-state index < -0.39 is 0 Å². The van der Waals surface area contributed by atoms with Crippen molar-refractivity contribution >= 4 is 22.2 Å². The zero-order chi connectivity index (χ0) is 13.2. The molecule has 0 fully saturated rings. The molecule has 0 bridgehead atoms. The first-order valence-corrected chi connectivity index (χ1v) is 7.10. The van der Waals surface area contributed by atoms with Gasteiger partial charge < -0.3 is 5.32 Å². The Labute approximate surface area is 116 Å². The van der Waals surface area contributed by atoms with Crippen molar-refractivity contribution in [3.8, 4) is 0 Å². The van der Waals surface area contributed by atoms with Crippen molar-refractivity contribution in [1.82, 2.24) is 15.3 Å². The van der Waals surface area contributed by atoms with Crippen LogP contribution in [-0.4, -0.2) is 17.0 Å². The Morgan fingerprint density at radius 3 is 2.89 bits per heavy atom. The number of pyridine rings is 1. The maximum atomic E-state index is 4.58. The van der Waals surface area contributed by atoms with Crippen LogP contribution < -0.4 is 5.32 Å². The van der Waals surface area contributed by atoms with E-state index in [-0.39, 0.29) is 6.04 Å². The van der Waals surface area contributed by atoms with Crippen molar-refractivity contribution in [1.29, 1.82) is 0 Å². The number of hydrogen-bond acceptors (Lipinski definition) is 4. The van der Waals surface area contributed by atoms with Crippen LogP contribution in [0.2, 0.25) is 0 Å². The summed E-state index contributed by atoms with van der Waals surface area (Å²) in [6.07, 6.45) is 1.82. The molecule has 0 saturated heterocycles. The fourth-order valence-electron chi connectivity index (χ4n) is 2.27. The van der Waals surface area contributed by atoms with Gasteiger partial charge in [-0.15, -0.1) is 11.3 Å². The number of fused-ring (bicyclic) bond motifs is 1.